The first-order valence-electron chi connectivity index (χ1n) is 12.3. The standard InChI is InChI=1S/C27H31ClN4O4S2/c1-3-13-31(14-4-2)38(34,35)22-11-9-21(10-12-22)26(33)32(16-6-15-30-17-19-36-20-18-30)27-29-25-23(28)7-5-8-24(25)37-27/h3-5,7-12H,1-2,6,13-20H2. The second-order valence-electron chi connectivity index (χ2n) is 8.77. The Morgan fingerprint density at radius 3 is 2.42 bits per heavy atom. The minimum atomic E-state index is -3.76. The molecule has 1 amide bonds. The fourth-order valence-corrected chi connectivity index (χ4v) is 6.88. The number of nitrogens with zero attached hydrogens (tertiary/aromatic N) is 4. The highest BCUT2D eigenvalue weighted by Gasteiger charge is 2.25. The number of ether oxygens (including phenoxy) is 1. The van der Waals surface area contributed by atoms with Crippen molar-refractivity contribution < 1.29 is 17.9 Å². The van der Waals surface area contributed by atoms with Gasteiger partial charge < -0.3 is 4.74 Å². The zero-order valence-corrected chi connectivity index (χ0v) is 23.5. The molecule has 0 N–H and O–H groups in total. The van der Waals surface area contributed by atoms with E-state index < -0.39 is 10.0 Å². The molecule has 0 saturated carbocycles. The van der Waals surface area contributed by atoms with Gasteiger partial charge in [0.2, 0.25) is 10.0 Å². The minimum absolute atomic E-state index is 0.100. The fourth-order valence-electron chi connectivity index (χ4n) is 4.21. The normalized spacial score (nSPS) is 14.6. The van der Waals surface area contributed by atoms with Crippen molar-refractivity contribution in [1.29, 1.82) is 0 Å². The van der Waals surface area contributed by atoms with Crippen molar-refractivity contribution in [3.63, 3.8) is 0 Å². The monoisotopic (exact) mass is 574 g/mol. The fraction of sp³-hybridized carbons (Fsp3) is 0.333. The van der Waals surface area contributed by atoms with Crippen molar-refractivity contribution in [3.05, 3.63) is 78.4 Å². The zero-order chi connectivity index (χ0) is 27.1. The van der Waals surface area contributed by atoms with Crippen LogP contribution in [-0.4, -0.2) is 81.0 Å². The highest BCUT2D eigenvalue weighted by molar-refractivity contribution is 7.89. The number of amides is 1. The molecular weight excluding hydrogens is 544 g/mol. The lowest BCUT2D eigenvalue weighted by Gasteiger charge is -2.27. The highest BCUT2D eigenvalue weighted by Crippen LogP contribution is 2.33. The molecule has 0 spiro atoms. The van der Waals surface area contributed by atoms with Crippen LogP contribution < -0.4 is 4.90 Å². The molecule has 0 radical (unpaired) electrons. The minimum Gasteiger partial charge on any atom is -0.379 e. The van der Waals surface area contributed by atoms with Crippen molar-refractivity contribution in [2.45, 2.75) is 11.3 Å². The second-order valence-corrected chi connectivity index (χ2v) is 12.1. The Kier molecular flexibility index (Phi) is 9.69. The lowest BCUT2D eigenvalue weighted by atomic mass is 10.2. The number of morpholine rings is 1. The molecule has 4 rings (SSSR count). The van der Waals surface area contributed by atoms with Gasteiger partial charge in [0.15, 0.2) is 5.13 Å². The Bertz CT molecular complexity index is 1380. The molecule has 1 fully saturated rings. The number of benzene rings is 2. The first kappa shape index (κ1) is 28.4. The summed E-state index contributed by atoms with van der Waals surface area (Å²) in [6, 6.07) is 11.6. The van der Waals surface area contributed by atoms with Crippen LogP contribution in [-0.2, 0) is 14.8 Å². The first-order chi connectivity index (χ1) is 18.3. The lowest BCUT2D eigenvalue weighted by Crippen LogP contribution is -2.39. The third kappa shape index (κ3) is 6.51. The highest BCUT2D eigenvalue weighted by atomic mass is 35.5. The third-order valence-corrected chi connectivity index (χ3v) is 9.39. The third-order valence-electron chi connectivity index (χ3n) is 6.20. The van der Waals surface area contributed by atoms with Crippen molar-refractivity contribution >= 4 is 54.2 Å². The van der Waals surface area contributed by atoms with Gasteiger partial charge in [-0.2, -0.15) is 4.31 Å². The molecule has 1 aliphatic heterocycles. The van der Waals surface area contributed by atoms with Crippen LogP contribution in [0.25, 0.3) is 10.2 Å². The van der Waals surface area contributed by atoms with Gasteiger partial charge >= 0.3 is 0 Å². The summed E-state index contributed by atoms with van der Waals surface area (Å²) >= 11 is 7.76. The number of rotatable bonds is 12. The quantitative estimate of drug-likeness (QED) is 0.292. The topological polar surface area (TPSA) is 83.1 Å². The van der Waals surface area contributed by atoms with E-state index in [2.05, 4.69) is 23.0 Å². The smallest absolute Gasteiger partial charge is 0.260 e. The van der Waals surface area contributed by atoms with Crippen molar-refractivity contribution in [2.24, 2.45) is 0 Å². The Hall–Kier alpha value is -2.60. The molecule has 1 aromatic heterocycles. The number of thiazole rings is 1. The maximum Gasteiger partial charge on any atom is 0.260 e. The predicted molar refractivity (Wildman–Crippen MR) is 154 cm³/mol. The maximum atomic E-state index is 13.7. The van der Waals surface area contributed by atoms with Gasteiger partial charge in [0.05, 0.1) is 27.8 Å². The number of hydrogen-bond acceptors (Lipinski definition) is 7. The molecule has 0 bridgehead atoms. The van der Waals surface area contributed by atoms with Gasteiger partial charge in [0, 0.05) is 44.8 Å². The predicted octanol–water partition coefficient (Wildman–Crippen LogP) is 4.68. The summed E-state index contributed by atoms with van der Waals surface area (Å²) in [6.45, 7) is 12.1. The van der Waals surface area contributed by atoms with E-state index in [1.54, 1.807) is 23.1 Å². The maximum absolute atomic E-state index is 13.7. The molecule has 2 aromatic carbocycles. The van der Waals surface area contributed by atoms with Crippen molar-refractivity contribution in [3.8, 4) is 0 Å². The van der Waals surface area contributed by atoms with Crippen LogP contribution in [0.1, 0.15) is 16.8 Å². The molecule has 0 unspecified atom stereocenters. The van der Waals surface area contributed by atoms with Gasteiger partial charge in [-0.05, 0) is 42.8 Å². The van der Waals surface area contributed by atoms with E-state index in [-0.39, 0.29) is 23.9 Å². The molecule has 0 aliphatic carbocycles. The molecular formula is C27H31ClN4O4S2. The number of anilines is 1. The summed E-state index contributed by atoms with van der Waals surface area (Å²) in [5.41, 5.74) is 1.03. The summed E-state index contributed by atoms with van der Waals surface area (Å²) in [6.07, 6.45) is 3.80. The Labute approximate surface area is 232 Å². The van der Waals surface area contributed by atoms with Gasteiger partial charge in [-0.25, -0.2) is 13.4 Å². The molecule has 2 heterocycles. The SMILES string of the molecule is C=CCN(CC=C)S(=O)(=O)c1ccc(C(=O)N(CCCN2CCOCC2)c2nc3c(Cl)cccc3s2)cc1. The van der Waals surface area contributed by atoms with Crippen LogP contribution in [0.15, 0.2) is 72.7 Å². The number of hydrogen-bond donors (Lipinski definition) is 0. The lowest BCUT2D eigenvalue weighted by molar-refractivity contribution is 0.0376. The molecule has 202 valence electrons. The van der Waals surface area contributed by atoms with Crippen LogP contribution in [0.5, 0.6) is 0 Å². The Morgan fingerprint density at radius 1 is 1.11 bits per heavy atom. The van der Waals surface area contributed by atoms with E-state index in [0.717, 1.165) is 30.8 Å². The van der Waals surface area contributed by atoms with Crippen LogP contribution in [0, 0.1) is 0 Å². The molecule has 38 heavy (non-hydrogen) atoms. The van der Waals surface area contributed by atoms with E-state index in [1.807, 2.05) is 12.1 Å². The number of aromatic nitrogens is 1. The molecule has 11 heteroatoms. The van der Waals surface area contributed by atoms with E-state index in [9.17, 15) is 13.2 Å². The second kappa shape index (κ2) is 13.0. The average molecular weight is 575 g/mol. The largest absolute Gasteiger partial charge is 0.379 e. The van der Waals surface area contributed by atoms with Crippen molar-refractivity contribution in [2.75, 3.05) is 57.4 Å². The Morgan fingerprint density at radius 2 is 1.79 bits per heavy atom. The summed E-state index contributed by atoms with van der Waals surface area (Å²) in [7, 11) is -3.76. The Balaban J connectivity index is 1.59. The number of para-hydroxylation sites is 1. The molecule has 0 atom stereocenters. The van der Waals surface area contributed by atoms with E-state index >= 15 is 0 Å². The van der Waals surface area contributed by atoms with Crippen LogP contribution in [0.4, 0.5) is 5.13 Å². The number of carbonyl (C=O) groups is 1. The number of carbonyl (C=O) groups excluding carboxylic acids is 1. The number of sulfonamides is 1. The molecule has 1 aliphatic rings. The van der Waals surface area contributed by atoms with Crippen LogP contribution in [0.2, 0.25) is 5.02 Å². The zero-order valence-electron chi connectivity index (χ0n) is 21.1. The van der Waals surface area contributed by atoms with Gasteiger partial charge in [0.1, 0.15) is 5.52 Å². The van der Waals surface area contributed by atoms with Gasteiger partial charge in [0.25, 0.3) is 5.91 Å². The van der Waals surface area contributed by atoms with Crippen molar-refractivity contribution in [1.82, 2.24) is 14.2 Å². The van der Waals surface area contributed by atoms with Gasteiger partial charge in [-0.15, -0.1) is 13.2 Å². The summed E-state index contributed by atoms with van der Waals surface area (Å²) in [4.78, 5) is 22.5. The average Bonchev–Trinajstić information content (AvgIpc) is 3.37. The van der Waals surface area contributed by atoms with Crippen LogP contribution >= 0.6 is 22.9 Å². The first-order valence-corrected chi connectivity index (χ1v) is 15.0. The summed E-state index contributed by atoms with van der Waals surface area (Å²) in [5.74, 6) is -0.250. The molecule has 8 nitrogen and oxygen atoms in total. The number of fused-ring (bicyclic) bond motifs is 1. The summed E-state index contributed by atoms with van der Waals surface area (Å²) in [5, 5.41) is 1.09. The number of halogens is 1. The molecule has 1 saturated heterocycles. The summed E-state index contributed by atoms with van der Waals surface area (Å²) < 4.78 is 33.7. The van der Waals surface area contributed by atoms with E-state index in [1.165, 1.54) is 39.9 Å². The molecule has 3 aromatic rings. The van der Waals surface area contributed by atoms with E-state index in [4.69, 9.17) is 16.3 Å². The van der Waals surface area contributed by atoms with E-state index in [0.29, 0.717) is 41.0 Å². The van der Waals surface area contributed by atoms with Gasteiger partial charge in [-0.1, -0.05) is 41.2 Å². The van der Waals surface area contributed by atoms with Crippen LogP contribution in [0.3, 0.4) is 0 Å². The van der Waals surface area contributed by atoms with Gasteiger partial charge in [-0.3, -0.25) is 14.6 Å².